The zero-order chi connectivity index (χ0) is 14.9. The Morgan fingerprint density at radius 2 is 1.95 bits per heavy atom. The van der Waals surface area contributed by atoms with Gasteiger partial charge in [-0.25, -0.2) is 9.97 Å². The SMILES string of the molecule is CCCNc1ncnc(NCCCn2ccnn2)c1OC. The number of aryl methyl sites for hydroxylation is 1. The molecule has 0 aliphatic rings. The molecule has 0 atom stereocenters. The lowest BCUT2D eigenvalue weighted by Gasteiger charge is -2.13. The first-order valence-corrected chi connectivity index (χ1v) is 7.06. The fourth-order valence-electron chi connectivity index (χ4n) is 1.86. The summed E-state index contributed by atoms with van der Waals surface area (Å²) in [5, 5.41) is 14.2. The van der Waals surface area contributed by atoms with Crippen LogP contribution in [-0.2, 0) is 6.54 Å². The molecule has 2 aromatic rings. The van der Waals surface area contributed by atoms with Crippen LogP contribution in [0.2, 0.25) is 0 Å². The molecule has 2 heterocycles. The zero-order valence-electron chi connectivity index (χ0n) is 12.4. The van der Waals surface area contributed by atoms with Crippen LogP contribution in [0.4, 0.5) is 11.6 Å². The smallest absolute Gasteiger partial charge is 0.204 e. The van der Waals surface area contributed by atoms with Crippen LogP contribution in [0.5, 0.6) is 5.75 Å². The minimum absolute atomic E-state index is 0.645. The van der Waals surface area contributed by atoms with Gasteiger partial charge in [-0.05, 0) is 12.8 Å². The second-order valence-electron chi connectivity index (χ2n) is 4.48. The van der Waals surface area contributed by atoms with E-state index in [0.29, 0.717) is 17.4 Å². The Morgan fingerprint density at radius 3 is 2.57 bits per heavy atom. The molecule has 0 unspecified atom stereocenters. The van der Waals surface area contributed by atoms with Crippen molar-refractivity contribution >= 4 is 11.6 Å². The van der Waals surface area contributed by atoms with Gasteiger partial charge in [-0.15, -0.1) is 5.10 Å². The van der Waals surface area contributed by atoms with Gasteiger partial charge in [-0.1, -0.05) is 12.1 Å². The van der Waals surface area contributed by atoms with E-state index in [1.165, 1.54) is 6.33 Å². The number of nitrogens with zero attached hydrogens (tertiary/aromatic N) is 5. The monoisotopic (exact) mass is 291 g/mol. The Kier molecular flexibility index (Phi) is 5.74. The lowest BCUT2D eigenvalue weighted by atomic mass is 10.4. The van der Waals surface area contributed by atoms with Crippen LogP contribution >= 0.6 is 0 Å². The molecule has 8 heteroatoms. The van der Waals surface area contributed by atoms with E-state index < -0.39 is 0 Å². The molecule has 0 fully saturated rings. The number of nitrogens with one attached hydrogen (secondary N) is 2. The van der Waals surface area contributed by atoms with Gasteiger partial charge < -0.3 is 15.4 Å². The predicted molar refractivity (Wildman–Crippen MR) is 80.5 cm³/mol. The van der Waals surface area contributed by atoms with Gasteiger partial charge in [0.25, 0.3) is 0 Å². The molecule has 2 aromatic heterocycles. The van der Waals surface area contributed by atoms with Crippen LogP contribution in [-0.4, -0.2) is 45.2 Å². The van der Waals surface area contributed by atoms with Gasteiger partial charge in [-0.2, -0.15) is 0 Å². The van der Waals surface area contributed by atoms with Crippen LogP contribution in [0.3, 0.4) is 0 Å². The summed E-state index contributed by atoms with van der Waals surface area (Å²) in [4.78, 5) is 8.44. The van der Waals surface area contributed by atoms with Gasteiger partial charge in [0.2, 0.25) is 5.75 Å². The number of anilines is 2. The Labute approximate surface area is 123 Å². The summed E-state index contributed by atoms with van der Waals surface area (Å²) in [6.45, 7) is 4.52. The van der Waals surface area contributed by atoms with Crippen LogP contribution < -0.4 is 15.4 Å². The Bertz CT molecular complexity index is 529. The molecule has 0 saturated carbocycles. The molecule has 0 spiro atoms. The van der Waals surface area contributed by atoms with Crippen LogP contribution in [0.1, 0.15) is 19.8 Å². The van der Waals surface area contributed by atoms with E-state index >= 15 is 0 Å². The molecule has 2 rings (SSSR count). The molecule has 21 heavy (non-hydrogen) atoms. The quantitative estimate of drug-likeness (QED) is 0.675. The highest BCUT2D eigenvalue weighted by molar-refractivity contribution is 5.63. The minimum atomic E-state index is 0.645. The Hall–Kier alpha value is -2.38. The maximum Gasteiger partial charge on any atom is 0.204 e. The lowest BCUT2D eigenvalue weighted by Crippen LogP contribution is -2.11. The van der Waals surface area contributed by atoms with E-state index in [2.05, 4.69) is 37.8 Å². The minimum Gasteiger partial charge on any atom is -0.490 e. The Balaban J connectivity index is 1.89. The van der Waals surface area contributed by atoms with Crippen LogP contribution in [0.15, 0.2) is 18.7 Å². The summed E-state index contributed by atoms with van der Waals surface area (Å²) in [5.74, 6) is 2.06. The van der Waals surface area contributed by atoms with Crippen LogP contribution in [0, 0.1) is 0 Å². The third-order valence-electron chi connectivity index (χ3n) is 2.88. The summed E-state index contributed by atoms with van der Waals surface area (Å²) in [5.41, 5.74) is 0. The number of methoxy groups -OCH3 is 1. The summed E-state index contributed by atoms with van der Waals surface area (Å²) in [6.07, 6.45) is 6.98. The summed E-state index contributed by atoms with van der Waals surface area (Å²) in [6, 6.07) is 0. The van der Waals surface area contributed by atoms with E-state index in [1.807, 2.05) is 6.20 Å². The first-order valence-electron chi connectivity index (χ1n) is 7.06. The van der Waals surface area contributed by atoms with E-state index in [4.69, 9.17) is 4.74 Å². The lowest BCUT2D eigenvalue weighted by molar-refractivity contribution is 0.414. The molecule has 114 valence electrons. The van der Waals surface area contributed by atoms with E-state index in [0.717, 1.165) is 32.5 Å². The molecule has 0 aliphatic carbocycles. The number of hydrogen-bond donors (Lipinski definition) is 2. The summed E-state index contributed by atoms with van der Waals surface area (Å²) in [7, 11) is 1.62. The maximum atomic E-state index is 5.40. The van der Waals surface area contributed by atoms with Gasteiger partial charge in [0.05, 0.1) is 13.3 Å². The highest BCUT2D eigenvalue weighted by Crippen LogP contribution is 2.28. The topological polar surface area (TPSA) is 89.8 Å². The third kappa shape index (κ3) is 4.30. The predicted octanol–water partition coefficient (Wildman–Crippen LogP) is 1.40. The van der Waals surface area contributed by atoms with Crippen molar-refractivity contribution in [2.45, 2.75) is 26.3 Å². The molecule has 0 aromatic carbocycles. The molecule has 0 aliphatic heterocycles. The second-order valence-corrected chi connectivity index (χ2v) is 4.48. The normalized spacial score (nSPS) is 10.4. The highest BCUT2D eigenvalue weighted by atomic mass is 16.5. The average Bonchev–Trinajstić information content (AvgIpc) is 3.02. The number of rotatable bonds is 9. The summed E-state index contributed by atoms with van der Waals surface area (Å²) >= 11 is 0. The van der Waals surface area contributed by atoms with Gasteiger partial charge >= 0.3 is 0 Å². The molecule has 8 nitrogen and oxygen atoms in total. The molecule has 0 saturated heterocycles. The fourth-order valence-corrected chi connectivity index (χ4v) is 1.86. The second kappa shape index (κ2) is 8.03. The zero-order valence-corrected chi connectivity index (χ0v) is 12.4. The molecule has 0 bridgehead atoms. The largest absolute Gasteiger partial charge is 0.490 e. The van der Waals surface area contributed by atoms with Crippen molar-refractivity contribution < 1.29 is 4.74 Å². The number of aromatic nitrogens is 5. The number of ether oxygens (including phenoxy) is 1. The number of hydrogen-bond acceptors (Lipinski definition) is 7. The van der Waals surface area contributed by atoms with Gasteiger partial charge in [0, 0.05) is 25.8 Å². The maximum absolute atomic E-state index is 5.40. The van der Waals surface area contributed by atoms with Crippen molar-refractivity contribution in [2.75, 3.05) is 30.8 Å². The standard InChI is InChI=1S/C13H21N7O/c1-3-5-14-12-11(21-2)13(17-10-16-12)15-6-4-8-20-9-7-18-19-20/h7,9-10H,3-6,8H2,1-2H3,(H2,14,15,16,17). The Morgan fingerprint density at radius 1 is 1.19 bits per heavy atom. The van der Waals surface area contributed by atoms with E-state index in [1.54, 1.807) is 18.0 Å². The van der Waals surface area contributed by atoms with Gasteiger partial charge in [0.1, 0.15) is 6.33 Å². The summed E-state index contributed by atoms with van der Waals surface area (Å²) < 4.78 is 7.20. The van der Waals surface area contributed by atoms with E-state index in [9.17, 15) is 0 Å². The molecular weight excluding hydrogens is 270 g/mol. The van der Waals surface area contributed by atoms with Gasteiger partial charge in [0.15, 0.2) is 11.6 Å². The van der Waals surface area contributed by atoms with Crippen LogP contribution in [0.25, 0.3) is 0 Å². The molecule has 0 radical (unpaired) electrons. The van der Waals surface area contributed by atoms with Crippen molar-refractivity contribution in [3.63, 3.8) is 0 Å². The molecule has 0 amide bonds. The first-order chi connectivity index (χ1) is 10.3. The van der Waals surface area contributed by atoms with E-state index in [-0.39, 0.29) is 0 Å². The molecular formula is C13H21N7O. The van der Waals surface area contributed by atoms with Gasteiger partial charge in [-0.3, -0.25) is 4.68 Å². The van der Waals surface area contributed by atoms with Crippen molar-refractivity contribution in [3.05, 3.63) is 18.7 Å². The van der Waals surface area contributed by atoms with Crippen molar-refractivity contribution in [2.24, 2.45) is 0 Å². The highest BCUT2D eigenvalue weighted by Gasteiger charge is 2.11. The fraction of sp³-hybridized carbons (Fsp3) is 0.538. The van der Waals surface area contributed by atoms with Crippen molar-refractivity contribution in [3.8, 4) is 5.75 Å². The third-order valence-corrected chi connectivity index (χ3v) is 2.88. The molecule has 2 N–H and O–H groups in total. The first kappa shape index (κ1) is 15.0. The van der Waals surface area contributed by atoms with Crippen molar-refractivity contribution in [1.82, 2.24) is 25.0 Å². The average molecular weight is 291 g/mol. The van der Waals surface area contributed by atoms with Crippen molar-refractivity contribution in [1.29, 1.82) is 0 Å².